The molecular weight excluding hydrogens is 250 g/mol. The maximum Gasteiger partial charge on any atom is 0.332 e. The Hall–Kier alpha value is -0.910. The number of carboxylic acids is 1. The molecule has 0 aromatic carbocycles. The molecule has 3 unspecified atom stereocenters. The lowest BCUT2D eigenvalue weighted by molar-refractivity contribution is -0.149. The van der Waals surface area contributed by atoms with E-state index >= 15 is 0 Å². The first-order valence-electron chi connectivity index (χ1n) is 6.20. The molecule has 1 aromatic rings. The van der Waals surface area contributed by atoms with E-state index in [0.717, 1.165) is 13.0 Å². The summed E-state index contributed by atoms with van der Waals surface area (Å²) in [5, 5.41) is 11.0. The van der Waals surface area contributed by atoms with Gasteiger partial charge in [-0.25, -0.2) is 4.79 Å². The highest BCUT2D eigenvalue weighted by atomic mass is 32.1. The molecule has 0 radical (unpaired) electrons. The van der Waals surface area contributed by atoms with Crippen LogP contribution in [0.3, 0.4) is 0 Å². The second kappa shape index (κ2) is 5.82. The van der Waals surface area contributed by atoms with Crippen LogP contribution in [0.1, 0.15) is 30.7 Å². The minimum Gasteiger partial charge on any atom is -0.479 e. The number of likely N-dealkylation sites (N-methyl/N-ethyl adjacent to an activating group) is 1. The van der Waals surface area contributed by atoms with Crippen molar-refractivity contribution in [1.29, 1.82) is 0 Å². The highest BCUT2D eigenvalue weighted by Gasteiger charge is 2.31. The molecule has 18 heavy (non-hydrogen) atoms. The Morgan fingerprint density at radius 1 is 1.67 bits per heavy atom. The zero-order chi connectivity index (χ0) is 13.1. The lowest BCUT2D eigenvalue weighted by atomic mass is 10.1. The van der Waals surface area contributed by atoms with E-state index in [4.69, 9.17) is 9.84 Å². The molecule has 4 nitrogen and oxygen atoms in total. The number of carboxylic acid groups (broad SMARTS) is 1. The molecule has 0 saturated carbocycles. The van der Waals surface area contributed by atoms with Gasteiger partial charge in [-0.05, 0) is 38.3 Å². The van der Waals surface area contributed by atoms with Gasteiger partial charge in [0.1, 0.15) is 0 Å². The number of ether oxygens (including phenoxy) is 1. The number of rotatable bonds is 5. The van der Waals surface area contributed by atoms with E-state index in [1.807, 2.05) is 0 Å². The minimum atomic E-state index is -0.841. The maximum atomic E-state index is 10.8. The van der Waals surface area contributed by atoms with Crippen LogP contribution in [0.25, 0.3) is 0 Å². The number of hydrogen-bond donors (Lipinski definition) is 1. The third kappa shape index (κ3) is 3.10. The summed E-state index contributed by atoms with van der Waals surface area (Å²) in [6.07, 6.45) is 0.888. The summed E-state index contributed by atoms with van der Waals surface area (Å²) in [6.45, 7) is 2.94. The SMILES string of the molecule is CC(c1cccs1)N(C)CC1CCC(C(=O)O)O1. The van der Waals surface area contributed by atoms with Crippen molar-refractivity contribution >= 4 is 17.3 Å². The molecule has 0 amide bonds. The number of hydrogen-bond acceptors (Lipinski definition) is 4. The van der Waals surface area contributed by atoms with Crippen molar-refractivity contribution < 1.29 is 14.6 Å². The van der Waals surface area contributed by atoms with Crippen LogP contribution in [0.15, 0.2) is 17.5 Å². The summed E-state index contributed by atoms with van der Waals surface area (Å²) < 4.78 is 5.52. The Kier molecular flexibility index (Phi) is 4.37. The molecule has 1 aliphatic heterocycles. The lowest BCUT2D eigenvalue weighted by Gasteiger charge is -2.26. The van der Waals surface area contributed by atoms with Crippen LogP contribution in [-0.2, 0) is 9.53 Å². The van der Waals surface area contributed by atoms with Crippen molar-refractivity contribution in [2.45, 2.75) is 38.0 Å². The quantitative estimate of drug-likeness (QED) is 0.891. The molecular formula is C13H19NO3S. The molecule has 100 valence electrons. The summed E-state index contributed by atoms with van der Waals surface area (Å²) in [4.78, 5) is 14.4. The Balaban J connectivity index is 1.85. The molecule has 1 aliphatic rings. The highest BCUT2D eigenvalue weighted by molar-refractivity contribution is 7.10. The van der Waals surface area contributed by atoms with Gasteiger partial charge in [0, 0.05) is 17.5 Å². The monoisotopic (exact) mass is 269 g/mol. The molecule has 2 heterocycles. The number of thiophene rings is 1. The summed E-state index contributed by atoms with van der Waals surface area (Å²) in [6, 6.07) is 4.52. The lowest BCUT2D eigenvalue weighted by Crippen LogP contribution is -2.32. The molecule has 1 N–H and O–H groups in total. The van der Waals surface area contributed by atoms with Gasteiger partial charge in [0.15, 0.2) is 6.10 Å². The van der Waals surface area contributed by atoms with E-state index in [-0.39, 0.29) is 6.10 Å². The van der Waals surface area contributed by atoms with Crippen molar-refractivity contribution in [3.8, 4) is 0 Å². The van der Waals surface area contributed by atoms with Gasteiger partial charge in [-0.3, -0.25) is 4.90 Å². The average Bonchev–Trinajstić information content (AvgIpc) is 2.98. The van der Waals surface area contributed by atoms with Crippen molar-refractivity contribution in [3.63, 3.8) is 0 Å². The standard InChI is InChI=1S/C13H19NO3S/c1-9(12-4-3-7-18-12)14(2)8-10-5-6-11(17-10)13(15)16/h3-4,7,9-11H,5-6,8H2,1-2H3,(H,15,16). The van der Waals surface area contributed by atoms with Gasteiger partial charge < -0.3 is 9.84 Å². The minimum absolute atomic E-state index is 0.0403. The van der Waals surface area contributed by atoms with Gasteiger partial charge in [-0.15, -0.1) is 11.3 Å². The van der Waals surface area contributed by atoms with E-state index in [0.29, 0.717) is 12.5 Å². The van der Waals surface area contributed by atoms with Crippen LogP contribution < -0.4 is 0 Å². The van der Waals surface area contributed by atoms with E-state index in [1.165, 1.54) is 4.88 Å². The van der Waals surface area contributed by atoms with Crippen molar-refractivity contribution in [3.05, 3.63) is 22.4 Å². The largest absolute Gasteiger partial charge is 0.479 e. The molecule has 0 bridgehead atoms. The summed E-state index contributed by atoms with van der Waals surface area (Å²) in [7, 11) is 2.06. The molecule has 3 atom stereocenters. The van der Waals surface area contributed by atoms with Gasteiger partial charge in [-0.2, -0.15) is 0 Å². The van der Waals surface area contributed by atoms with Gasteiger partial charge in [0.2, 0.25) is 0 Å². The van der Waals surface area contributed by atoms with Crippen molar-refractivity contribution in [2.75, 3.05) is 13.6 Å². The Labute approximate surface area is 111 Å². The third-order valence-electron chi connectivity index (χ3n) is 3.49. The van der Waals surface area contributed by atoms with Crippen molar-refractivity contribution in [1.82, 2.24) is 4.90 Å². The van der Waals surface area contributed by atoms with Crippen LogP contribution in [0.2, 0.25) is 0 Å². The predicted molar refractivity (Wildman–Crippen MR) is 70.9 cm³/mol. The second-order valence-electron chi connectivity index (χ2n) is 4.79. The molecule has 0 aliphatic carbocycles. The Morgan fingerprint density at radius 2 is 2.44 bits per heavy atom. The average molecular weight is 269 g/mol. The van der Waals surface area contributed by atoms with Crippen LogP contribution in [0.4, 0.5) is 0 Å². The first-order chi connectivity index (χ1) is 8.58. The molecule has 0 spiro atoms. The third-order valence-corrected chi connectivity index (χ3v) is 4.53. The Morgan fingerprint density at radius 3 is 3.00 bits per heavy atom. The smallest absolute Gasteiger partial charge is 0.332 e. The summed E-state index contributed by atoms with van der Waals surface area (Å²) in [5.41, 5.74) is 0. The van der Waals surface area contributed by atoms with Crippen LogP contribution in [0, 0.1) is 0 Å². The van der Waals surface area contributed by atoms with Gasteiger partial charge in [0.25, 0.3) is 0 Å². The zero-order valence-electron chi connectivity index (χ0n) is 10.7. The van der Waals surface area contributed by atoms with Gasteiger partial charge >= 0.3 is 5.97 Å². The normalized spacial score (nSPS) is 25.5. The molecule has 2 rings (SSSR count). The van der Waals surface area contributed by atoms with Crippen LogP contribution in [-0.4, -0.2) is 41.8 Å². The first kappa shape index (κ1) is 13.5. The van der Waals surface area contributed by atoms with E-state index in [1.54, 1.807) is 11.3 Å². The maximum absolute atomic E-state index is 10.8. The zero-order valence-corrected chi connectivity index (χ0v) is 11.5. The topological polar surface area (TPSA) is 49.8 Å². The number of aliphatic carboxylic acids is 1. The molecule has 1 fully saturated rings. The van der Waals surface area contributed by atoms with E-state index in [2.05, 4.69) is 36.4 Å². The van der Waals surface area contributed by atoms with Crippen LogP contribution >= 0.6 is 11.3 Å². The fourth-order valence-corrected chi connectivity index (χ4v) is 3.10. The number of carbonyl (C=O) groups is 1. The predicted octanol–water partition coefficient (Wildman–Crippen LogP) is 2.37. The summed E-state index contributed by atoms with van der Waals surface area (Å²) in [5.74, 6) is -0.841. The molecule has 5 heteroatoms. The van der Waals surface area contributed by atoms with Crippen molar-refractivity contribution in [2.24, 2.45) is 0 Å². The molecule has 1 aromatic heterocycles. The fraction of sp³-hybridized carbons (Fsp3) is 0.615. The Bertz CT molecular complexity index is 393. The fourth-order valence-electron chi connectivity index (χ4n) is 2.25. The number of nitrogens with zero attached hydrogens (tertiary/aromatic N) is 1. The second-order valence-corrected chi connectivity index (χ2v) is 5.77. The molecule has 1 saturated heterocycles. The van der Waals surface area contributed by atoms with Crippen LogP contribution in [0.5, 0.6) is 0 Å². The summed E-state index contributed by atoms with van der Waals surface area (Å²) >= 11 is 1.75. The van der Waals surface area contributed by atoms with Gasteiger partial charge in [0.05, 0.1) is 6.10 Å². The van der Waals surface area contributed by atoms with E-state index < -0.39 is 12.1 Å². The first-order valence-corrected chi connectivity index (χ1v) is 7.08. The van der Waals surface area contributed by atoms with Gasteiger partial charge in [-0.1, -0.05) is 6.07 Å². The van der Waals surface area contributed by atoms with E-state index in [9.17, 15) is 4.79 Å². The highest BCUT2D eigenvalue weighted by Crippen LogP contribution is 2.26.